The van der Waals surface area contributed by atoms with E-state index in [9.17, 15) is 14.3 Å². The molecule has 1 N–H and O–H groups in total. The van der Waals surface area contributed by atoms with Gasteiger partial charge in [0, 0.05) is 5.92 Å². The van der Waals surface area contributed by atoms with Gasteiger partial charge in [0.2, 0.25) is 0 Å². The molecule has 21 heavy (non-hydrogen) atoms. The van der Waals surface area contributed by atoms with Gasteiger partial charge >= 0.3 is 5.97 Å². The summed E-state index contributed by atoms with van der Waals surface area (Å²) in [6.07, 6.45) is -0.00638. The lowest BCUT2D eigenvalue weighted by atomic mass is 9.86. The minimum atomic E-state index is -0.861. The summed E-state index contributed by atoms with van der Waals surface area (Å²) >= 11 is 0. The molecule has 0 amide bonds. The van der Waals surface area contributed by atoms with Crippen LogP contribution in [-0.2, 0) is 4.79 Å². The molecule has 2 nitrogen and oxygen atoms in total. The number of carboxylic acids is 1. The van der Waals surface area contributed by atoms with Crippen molar-refractivity contribution in [3.05, 3.63) is 70.0 Å². The van der Waals surface area contributed by atoms with E-state index in [2.05, 4.69) is 0 Å². The molecule has 0 spiro atoms. The number of carbonyl (C=O) groups is 1. The maximum absolute atomic E-state index is 13.4. The predicted molar refractivity (Wildman–Crippen MR) is 81.1 cm³/mol. The molecule has 2 aromatic carbocycles. The van der Waals surface area contributed by atoms with Gasteiger partial charge in [0.25, 0.3) is 0 Å². The Kier molecular flexibility index (Phi) is 4.41. The first kappa shape index (κ1) is 15.2. The molecule has 0 aliphatic rings. The molecule has 0 saturated carbocycles. The van der Waals surface area contributed by atoms with E-state index < -0.39 is 5.97 Å². The minimum Gasteiger partial charge on any atom is -0.481 e. The number of hydrogen-bond acceptors (Lipinski definition) is 1. The van der Waals surface area contributed by atoms with E-state index in [4.69, 9.17) is 0 Å². The van der Waals surface area contributed by atoms with Crippen molar-refractivity contribution in [3.63, 3.8) is 0 Å². The first-order valence-corrected chi connectivity index (χ1v) is 6.93. The van der Waals surface area contributed by atoms with Crippen molar-refractivity contribution in [1.29, 1.82) is 0 Å². The second kappa shape index (κ2) is 6.08. The van der Waals surface area contributed by atoms with Crippen molar-refractivity contribution in [1.82, 2.24) is 0 Å². The molecule has 110 valence electrons. The molecule has 0 saturated heterocycles. The third-order valence-electron chi connectivity index (χ3n) is 3.90. The van der Waals surface area contributed by atoms with Crippen LogP contribution in [0.1, 0.15) is 40.2 Å². The normalized spacial score (nSPS) is 12.2. The second-order valence-corrected chi connectivity index (χ2v) is 5.50. The molecule has 1 unspecified atom stereocenters. The van der Waals surface area contributed by atoms with E-state index in [0.29, 0.717) is 5.56 Å². The summed E-state index contributed by atoms with van der Waals surface area (Å²) in [4.78, 5) is 11.2. The molecule has 3 heteroatoms. The van der Waals surface area contributed by atoms with Gasteiger partial charge in [0.15, 0.2) is 0 Å². The van der Waals surface area contributed by atoms with Crippen molar-refractivity contribution in [2.75, 3.05) is 0 Å². The summed E-state index contributed by atoms with van der Waals surface area (Å²) in [7, 11) is 0. The molecule has 2 rings (SSSR count). The van der Waals surface area contributed by atoms with Crippen LogP contribution in [0.2, 0.25) is 0 Å². The SMILES string of the molecule is Cc1ccc(C(CC(=O)O)c2ccc(F)c(C)c2)cc1C. The van der Waals surface area contributed by atoms with Crippen LogP contribution < -0.4 is 0 Å². The molecule has 0 bridgehead atoms. The molecule has 0 aliphatic heterocycles. The Balaban J connectivity index is 2.48. The number of aryl methyl sites for hydroxylation is 3. The molecule has 0 aromatic heterocycles. The van der Waals surface area contributed by atoms with Crippen LogP contribution in [0.25, 0.3) is 0 Å². The van der Waals surface area contributed by atoms with Gasteiger partial charge in [-0.1, -0.05) is 30.3 Å². The lowest BCUT2D eigenvalue weighted by Gasteiger charge is -2.18. The largest absolute Gasteiger partial charge is 0.481 e. The summed E-state index contributed by atoms with van der Waals surface area (Å²) in [6.45, 7) is 5.72. The maximum atomic E-state index is 13.4. The molecule has 0 heterocycles. The van der Waals surface area contributed by atoms with Crippen LogP contribution in [0, 0.1) is 26.6 Å². The van der Waals surface area contributed by atoms with E-state index >= 15 is 0 Å². The fraction of sp³-hybridized carbons (Fsp3) is 0.278. The van der Waals surface area contributed by atoms with Crippen LogP contribution >= 0.6 is 0 Å². The van der Waals surface area contributed by atoms with Crippen LogP contribution in [0.15, 0.2) is 36.4 Å². The van der Waals surface area contributed by atoms with E-state index in [1.54, 1.807) is 19.1 Å². The summed E-state index contributed by atoms with van der Waals surface area (Å²) < 4.78 is 13.4. The van der Waals surface area contributed by atoms with Crippen LogP contribution in [0.3, 0.4) is 0 Å². The third kappa shape index (κ3) is 3.48. The second-order valence-electron chi connectivity index (χ2n) is 5.50. The zero-order valence-electron chi connectivity index (χ0n) is 12.5. The van der Waals surface area contributed by atoms with Crippen LogP contribution in [0.4, 0.5) is 4.39 Å². The Labute approximate surface area is 124 Å². The molecular formula is C18H19FO2. The van der Waals surface area contributed by atoms with Crippen molar-refractivity contribution >= 4 is 5.97 Å². The lowest BCUT2D eigenvalue weighted by molar-refractivity contribution is -0.137. The Morgan fingerprint density at radius 1 is 1.00 bits per heavy atom. The average Bonchev–Trinajstić information content (AvgIpc) is 2.42. The Hall–Kier alpha value is -2.16. The maximum Gasteiger partial charge on any atom is 0.304 e. The highest BCUT2D eigenvalue weighted by Crippen LogP contribution is 2.30. The number of carboxylic acid groups (broad SMARTS) is 1. The zero-order valence-corrected chi connectivity index (χ0v) is 12.5. The van der Waals surface area contributed by atoms with Crippen LogP contribution in [0.5, 0.6) is 0 Å². The fourth-order valence-corrected chi connectivity index (χ4v) is 2.47. The number of aliphatic carboxylic acids is 1. The quantitative estimate of drug-likeness (QED) is 0.906. The first-order chi connectivity index (χ1) is 9.88. The zero-order chi connectivity index (χ0) is 15.6. The summed E-state index contributed by atoms with van der Waals surface area (Å²) in [5, 5.41) is 9.18. The Bertz CT molecular complexity index is 625. The van der Waals surface area contributed by atoms with Gasteiger partial charge < -0.3 is 5.11 Å². The Morgan fingerprint density at radius 3 is 2.10 bits per heavy atom. The average molecular weight is 286 g/mol. The van der Waals surface area contributed by atoms with Gasteiger partial charge in [0.05, 0.1) is 6.42 Å². The number of hydrogen-bond donors (Lipinski definition) is 1. The highest BCUT2D eigenvalue weighted by atomic mass is 19.1. The summed E-state index contributed by atoms with van der Waals surface area (Å²) in [5.41, 5.74) is 4.61. The molecule has 0 fully saturated rings. The number of rotatable bonds is 4. The van der Waals surface area contributed by atoms with Gasteiger partial charge in [-0.2, -0.15) is 0 Å². The van der Waals surface area contributed by atoms with Crippen molar-refractivity contribution in [3.8, 4) is 0 Å². The van der Waals surface area contributed by atoms with Gasteiger partial charge in [-0.15, -0.1) is 0 Å². The molecular weight excluding hydrogens is 267 g/mol. The summed E-state index contributed by atoms with van der Waals surface area (Å²) in [6, 6.07) is 10.8. The van der Waals surface area contributed by atoms with Gasteiger partial charge in [-0.05, 0) is 54.7 Å². The summed E-state index contributed by atoms with van der Waals surface area (Å²) in [5.74, 6) is -1.39. The first-order valence-electron chi connectivity index (χ1n) is 6.93. The van der Waals surface area contributed by atoms with Crippen molar-refractivity contribution in [2.24, 2.45) is 0 Å². The van der Waals surface area contributed by atoms with Gasteiger partial charge in [-0.3, -0.25) is 4.79 Å². The van der Waals surface area contributed by atoms with Crippen molar-refractivity contribution in [2.45, 2.75) is 33.1 Å². The van der Waals surface area contributed by atoms with Gasteiger partial charge in [-0.25, -0.2) is 4.39 Å². The van der Waals surface area contributed by atoms with E-state index in [1.165, 1.54) is 11.6 Å². The highest BCUT2D eigenvalue weighted by Gasteiger charge is 2.19. The minimum absolute atomic E-state index is 0.00638. The van der Waals surface area contributed by atoms with Crippen molar-refractivity contribution < 1.29 is 14.3 Å². The van der Waals surface area contributed by atoms with E-state index in [0.717, 1.165) is 16.7 Å². The number of halogens is 1. The van der Waals surface area contributed by atoms with E-state index in [1.807, 2.05) is 32.0 Å². The molecule has 0 radical (unpaired) electrons. The van der Waals surface area contributed by atoms with Crippen LogP contribution in [-0.4, -0.2) is 11.1 Å². The monoisotopic (exact) mass is 286 g/mol. The Morgan fingerprint density at radius 2 is 1.57 bits per heavy atom. The number of benzene rings is 2. The third-order valence-corrected chi connectivity index (χ3v) is 3.90. The predicted octanol–water partition coefficient (Wildman–Crippen LogP) is 4.36. The van der Waals surface area contributed by atoms with Gasteiger partial charge in [0.1, 0.15) is 5.82 Å². The molecule has 2 aromatic rings. The molecule has 0 aliphatic carbocycles. The lowest BCUT2D eigenvalue weighted by Crippen LogP contribution is -2.09. The standard InChI is InChI=1S/C18H19FO2/c1-11-4-5-14(8-12(11)2)16(10-18(20)21)15-6-7-17(19)13(3)9-15/h4-9,16H,10H2,1-3H3,(H,20,21). The van der Waals surface area contributed by atoms with E-state index in [-0.39, 0.29) is 18.2 Å². The topological polar surface area (TPSA) is 37.3 Å². The molecule has 1 atom stereocenters. The highest BCUT2D eigenvalue weighted by molar-refractivity contribution is 5.69. The smallest absolute Gasteiger partial charge is 0.304 e. The fourth-order valence-electron chi connectivity index (χ4n) is 2.47.